The van der Waals surface area contributed by atoms with E-state index in [9.17, 15) is 19.5 Å². The van der Waals surface area contributed by atoms with Crippen molar-refractivity contribution in [1.29, 1.82) is 0 Å². The first-order valence-electron chi connectivity index (χ1n) is 9.13. The van der Waals surface area contributed by atoms with Crippen molar-refractivity contribution >= 4 is 23.2 Å². The fourth-order valence-corrected chi connectivity index (χ4v) is 4.91. The Morgan fingerprint density at radius 2 is 2.08 bits per heavy atom. The Labute approximate surface area is 156 Å². The third-order valence-electron chi connectivity index (χ3n) is 5.22. The number of amides is 2. The normalized spacial score (nSPS) is 24.9. The van der Waals surface area contributed by atoms with Crippen LogP contribution in [0.3, 0.4) is 0 Å². The van der Waals surface area contributed by atoms with Crippen molar-refractivity contribution in [2.24, 2.45) is 11.3 Å². The molecule has 144 valence electrons. The van der Waals surface area contributed by atoms with Crippen molar-refractivity contribution in [2.75, 3.05) is 6.54 Å². The van der Waals surface area contributed by atoms with Crippen LogP contribution >= 0.6 is 11.3 Å². The summed E-state index contributed by atoms with van der Waals surface area (Å²) in [6.07, 6.45) is 3.52. The summed E-state index contributed by atoms with van der Waals surface area (Å²) in [5.41, 5.74) is -0.0248. The molecule has 0 saturated carbocycles. The topological polar surface area (TPSA) is 103 Å². The molecule has 0 spiro atoms. The van der Waals surface area contributed by atoms with Gasteiger partial charge in [-0.15, -0.1) is 0 Å². The second-order valence-electron chi connectivity index (χ2n) is 8.60. The molecule has 2 saturated heterocycles. The molecule has 0 unspecified atom stereocenters. The lowest BCUT2D eigenvalue weighted by molar-refractivity contribution is -0.134. The van der Waals surface area contributed by atoms with E-state index in [4.69, 9.17) is 0 Å². The number of nitrogens with zero attached hydrogens (tertiary/aromatic N) is 1. The molecular formula is C18H27N3O4S. The summed E-state index contributed by atoms with van der Waals surface area (Å²) in [6.45, 7) is 6.75. The maximum Gasteiger partial charge on any atom is 0.307 e. The molecule has 2 amide bonds. The van der Waals surface area contributed by atoms with Gasteiger partial charge in [-0.2, -0.15) is 0 Å². The fourth-order valence-electron chi connectivity index (χ4n) is 4.19. The van der Waals surface area contributed by atoms with Crippen LogP contribution < -0.4 is 10.2 Å². The minimum Gasteiger partial charge on any atom is -0.494 e. The molecule has 3 N–H and O–H groups in total. The molecule has 7 nitrogen and oxygen atoms in total. The Morgan fingerprint density at radius 1 is 1.35 bits per heavy atom. The lowest BCUT2D eigenvalue weighted by Gasteiger charge is -2.28. The number of nitrogens with one attached hydrogen (secondary N) is 2. The summed E-state index contributed by atoms with van der Waals surface area (Å²) in [5.74, 6) is 0.0564. The van der Waals surface area contributed by atoms with Gasteiger partial charge < -0.3 is 15.3 Å². The first-order chi connectivity index (χ1) is 12.1. The summed E-state index contributed by atoms with van der Waals surface area (Å²) < 4.78 is 0. The summed E-state index contributed by atoms with van der Waals surface area (Å²) in [7, 11) is 0. The van der Waals surface area contributed by atoms with E-state index in [1.807, 2.05) is 0 Å². The average Bonchev–Trinajstić information content (AvgIpc) is 3.16. The maximum absolute atomic E-state index is 12.7. The van der Waals surface area contributed by atoms with Gasteiger partial charge in [0.05, 0.1) is 11.3 Å². The number of hydrogen-bond acceptors (Lipinski definition) is 5. The molecule has 2 bridgehead atoms. The van der Waals surface area contributed by atoms with Crippen molar-refractivity contribution in [2.45, 2.75) is 65.0 Å². The van der Waals surface area contributed by atoms with Crippen molar-refractivity contribution < 1.29 is 14.7 Å². The van der Waals surface area contributed by atoms with Crippen LogP contribution in [0.4, 0.5) is 0 Å². The largest absolute Gasteiger partial charge is 0.494 e. The van der Waals surface area contributed by atoms with Crippen LogP contribution in [0.2, 0.25) is 0 Å². The standard InChI is InChI=1S/C18H27N3O4S/c1-18(2,3)8-15(23)21-11-4-5-12(21)10(6-11)9-19-14(22)7-13-16(24)20-17(25)26-13/h10-12,24H,4-9H2,1-3H3,(H,19,22)(H,20,25)/t10-,11+,12-/m0/s1. The van der Waals surface area contributed by atoms with E-state index in [0.29, 0.717) is 23.9 Å². The van der Waals surface area contributed by atoms with E-state index in [1.54, 1.807) is 0 Å². The van der Waals surface area contributed by atoms with Gasteiger partial charge in [0.25, 0.3) is 0 Å². The summed E-state index contributed by atoms with van der Waals surface area (Å²) in [5, 5.41) is 12.5. The molecular weight excluding hydrogens is 354 g/mol. The fraction of sp³-hybridized carbons (Fsp3) is 0.722. The molecule has 0 aromatic carbocycles. The first-order valence-corrected chi connectivity index (χ1v) is 9.94. The smallest absolute Gasteiger partial charge is 0.307 e. The minimum atomic E-state index is -0.369. The highest BCUT2D eigenvalue weighted by Crippen LogP contribution is 2.42. The Hall–Kier alpha value is -1.83. The van der Waals surface area contributed by atoms with Crippen LogP contribution in [0.25, 0.3) is 0 Å². The number of aromatic nitrogens is 1. The predicted molar refractivity (Wildman–Crippen MR) is 99.2 cm³/mol. The Morgan fingerprint density at radius 3 is 2.69 bits per heavy atom. The van der Waals surface area contributed by atoms with Gasteiger partial charge in [0.2, 0.25) is 17.7 Å². The lowest BCUT2D eigenvalue weighted by Crippen LogP contribution is -2.40. The lowest BCUT2D eigenvalue weighted by atomic mass is 9.89. The molecule has 8 heteroatoms. The number of H-pyrrole nitrogens is 1. The van der Waals surface area contributed by atoms with Crippen LogP contribution in [-0.4, -0.2) is 45.4 Å². The second-order valence-corrected chi connectivity index (χ2v) is 9.67. The van der Waals surface area contributed by atoms with Crippen molar-refractivity contribution in [3.63, 3.8) is 0 Å². The molecule has 1 aromatic heterocycles. The van der Waals surface area contributed by atoms with E-state index >= 15 is 0 Å². The van der Waals surface area contributed by atoms with Crippen molar-refractivity contribution in [1.82, 2.24) is 15.2 Å². The number of fused-ring (bicyclic) bond motifs is 2. The molecule has 2 aliphatic heterocycles. The Bertz CT molecular complexity index is 748. The van der Waals surface area contributed by atoms with Crippen LogP contribution in [0, 0.1) is 11.3 Å². The molecule has 2 fully saturated rings. The SMILES string of the molecule is CC(C)(C)CC(=O)N1[C@@H]2CC[C@H]1[C@H](CNC(=O)Cc1sc(=O)[nH]c1O)C2. The predicted octanol–water partition coefficient (Wildman–Crippen LogP) is 1.62. The highest BCUT2D eigenvalue weighted by molar-refractivity contribution is 7.09. The van der Waals surface area contributed by atoms with Gasteiger partial charge in [-0.25, -0.2) is 0 Å². The monoisotopic (exact) mass is 381 g/mol. The maximum atomic E-state index is 12.7. The van der Waals surface area contributed by atoms with Crippen molar-refractivity contribution in [3.8, 4) is 5.88 Å². The third-order valence-corrected chi connectivity index (χ3v) is 6.09. The number of thiazole rings is 1. The molecule has 3 rings (SSSR count). The number of carbonyl (C=O) groups excluding carboxylic acids is 2. The zero-order chi connectivity index (χ0) is 19.1. The molecule has 2 aliphatic rings. The molecule has 1 aromatic rings. The second kappa shape index (κ2) is 7.06. The van der Waals surface area contributed by atoms with Gasteiger partial charge >= 0.3 is 4.87 Å². The quantitative estimate of drug-likeness (QED) is 0.721. The zero-order valence-corrected chi connectivity index (χ0v) is 16.3. The number of aromatic amines is 1. The van der Waals surface area contributed by atoms with E-state index < -0.39 is 0 Å². The van der Waals surface area contributed by atoms with Gasteiger partial charge in [-0.3, -0.25) is 19.4 Å². The summed E-state index contributed by atoms with van der Waals surface area (Å²) >= 11 is 0.848. The van der Waals surface area contributed by atoms with E-state index in [-0.39, 0.29) is 46.4 Å². The number of aromatic hydroxyl groups is 1. The highest BCUT2D eigenvalue weighted by Gasteiger charge is 2.48. The zero-order valence-electron chi connectivity index (χ0n) is 15.5. The summed E-state index contributed by atoms with van der Waals surface area (Å²) in [4.78, 5) is 40.3. The van der Waals surface area contributed by atoms with Gasteiger partial charge in [-0.1, -0.05) is 32.1 Å². The molecule has 26 heavy (non-hydrogen) atoms. The van der Waals surface area contributed by atoms with Crippen LogP contribution in [-0.2, 0) is 16.0 Å². The van der Waals surface area contributed by atoms with E-state index in [0.717, 1.165) is 30.6 Å². The average molecular weight is 381 g/mol. The Balaban J connectivity index is 1.53. The van der Waals surface area contributed by atoms with Crippen molar-refractivity contribution in [3.05, 3.63) is 14.5 Å². The molecule has 0 aliphatic carbocycles. The number of rotatable bonds is 5. The molecule has 0 radical (unpaired) electrons. The number of carbonyl (C=O) groups is 2. The van der Waals surface area contributed by atoms with Crippen LogP contribution in [0.5, 0.6) is 5.88 Å². The van der Waals surface area contributed by atoms with Crippen LogP contribution in [0.15, 0.2) is 4.79 Å². The van der Waals surface area contributed by atoms with Crippen LogP contribution in [0.1, 0.15) is 51.3 Å². The Kier molecular flexibility index (Phi) is 5.14. The molecule has 3 heterocycles. The first kappa shape index (κ1) is 18.9. The van der Waals surface area contributed by atoms with E-state index in [1.165, 1.54) is 0 Å². The third kappa shape index (κ3) is 4.11. The van der Waals surface area contributed by atoms with Gasteiger partial charge in [0.1, 0.15) is 0 Å². The van der Waals surface area contributed by atoms with Gasteiger partial charge in [-0.05, 0) is 30.6 Å². The molecule has 3 atom stereocenters. The van der Waals surface area contributed by atoms with Gasteiger partial charge in [0.15, 0.2) is 0 Å². The number of hydrogen-bond donors (Lipinski definition) is 3. The highest BCUT2D eigenvalue weighted by atomic mass is 32.1. The van der Waals surface area contributed by atoms with Gasteiger partial charge in [0, 0.05) is 25.0 Å². The van der Waals surface area contributed by atoms with E-state index in [2.05, 4.69) is 36.0 Å². The minimum absolute atomic E-state index is 0.0112. The summed E-state index contributed by atoms with van der Waals surface area (Å²) in [6, 6.07) is 0.516.